The van der Waals surface area contributed by atoms with Gasteiger partial charge in [0.05, 0.1) is 12.0 Å². The van der Waals surface area contributed by atoms with E-state index in [-0.39, 0.29) is 5.69 Å². The molecule has 0 atom stereocenters. The molecule has 1 aromatic heterocycles. The number of hydrogen-bond acceptors (Lipinski definition) is 6. The monoisotopic (exact) mass is 372 g/mol. The second-order valence-electron chi connectivity index (χ2n) is 6.10. The molecular formula is C21H16N4O3. The van der Waals surface area contributed by atoms with Crippen molar-refractivity contribution >= 4 is 28.0 Å². The average Bonchev–Trinajstić information content (AvgIpc) is 2.74. The Morgan fingerprint density at radius 2 is 1.57 bits per heavy atom. The number of benzene rings is 3. The number of rotatable bonds is 5. The van der Waals surface area contributed by atoms with E-state index in [0.29, 0.717) is 11.5 Å². The van der Waals surface area contributed by atoms with Crippen molar-refractivity contribution < 1.29 is 9.66 Å². The largest absolute Gasteiger partial charge is 0.497 e. The number of hydrogen-bond donors (Lipinski definition) is 1. The van der Waals surface area contributed by atoms with Crippen LogP contribution >= 0.6 is 0 Å². The van der Waals surface area contributed by atoms with E-state index in [9.17, 15) is 10.1 Å². The normalized spacial score (nSPS) is 10.6. The third kappa shape index (κ3) is 3.33. The van der Waals surface area contributed by atoms with Crippen molar-refractivity contribution in [3.05, 3.63) is 82.9 Å². The molecule has 0 saturated heterocycles. The van der Waals surface area contributed by atoms with Crippen LogP contribution in [0.15, 0.2) is 72.8 Å². The van der Waals surface area contributed by atoms with Crippen LogP contribution in [0.3, 0.4) is 0 Å². The molecule has 7 heteroatoms. The summed E-state index contributed by atoms with van der Waals surface area (Å²) in [7, 11) is 1.63. The Morgan fingerprint density at radius 3 is 2.21 bits per heavy atom. The molecule has 28 heavy (non-hydrogen) atoms. The molecule has 7 nitrogen and oxygen atoms in total. The number of nitro groups is 1. The van der Waals surface area contributed by atoms with Crippen LogP contribution in [0.2, 0.25) is 0 Å². The van der Waals surface area contributed by atoms with Gasteiger partial charge in [0.25, 0.3) is 5.69 Å². The summed E-state index contributed by atoms with van der Waals surface area (Å²) >= 11 is 0. The zero-order valence-electron chi connectivity index (χ0n) is 15.0. The van der Waals surface area contributed by atoms with Crippen molar-refractivity contribution in [1.29, 1.82) is 0 Å². The predicted molar refractivity (Wildman–Crippen MR) is 108 cm³/mol. The Kier molecular flexibility index (Phi) is 4.55. The molecule has 4 aromatic rings. The molecule has 0 aliphatic heterocycles. The van der Waals surface area contributed by atoms with E-state index >= 15 is 0 Å². The lowest BCUT2D eigenvalue weighted by molar-refractivity contribution is -0.384. The maximum atomic E-state index is 10.8. The smallest absolute Gasteiger partial charge is 0.269 e. The second-order valence-corrected chi connectivity index (χ2v) is 6.10. The zero-order valence-corrected chi connectivity index (χ0v) is 15.0. The van der Waals surface area contributed by atoms with Crippen molar-refractivity contribution in [2.45, 2.75) is 0 Å². The topological polar surface area (TPSA) is 90.2 Å². The van der Waals surface area contributed by atoms with E-state index in [0.717, 1.165) is 27.8 Å². The fourth-order valence-electron chi connectivity index (χ4n) is 2.96. The first kappa shape index (κ1) is 17.4. The quantitative estimate of drug-likeness (QED) is 0.393. The van der Waals surface area contributed by atoms with Crippen molar-refractivity contribution in [1.82, 2.24) is 10.2 Å². The van der Waals surface area contributed by atoms with Crippen molar-refractivity contribution in [3.8, 4) is 17.0 Å². The Hall–Kier alpha value is -4.00. The number of nitrogens with one attached hydrogen (secondary N) is 1. The molecule has 3 aromatic carbocycles. The minimum Gasteiger partial charge on any atom is -0.497 e. The standard InChI is InChI=1S/C21H16N4O3/c1-28-17-12-6-14(7-13-17)20-18-4-2-3-5-19(18)21(24-23-20)22-15-8-10-16(11-9-15)25(26)27/h2-13H,1H3,(H,22,24). The van der Waals surface area contributed by atoms with Crippen LogP contribution in [0.1, 0.15) is 0 Å². The van der Waals surface area contributed by atoms with E-state index in [2.05, 4.69) is 15.5 Å². The molecule has 0 spiro atoms. The Morgan fingerprint density at radius 1 is 0.893 bits per heavy atom. The van der Waals surface area contributed by atoms with Gasteiger partial charge < -0.3 is 10.1 Å². The van der Waals surface area contributed by atoms with Crippen LogP contribution in [0.25, 0.3) is 22.0 Å². The Bertz CT molecular complexity index is 1140. The summed E-state index contributed by atoms with van der Waals surface area (Å²) in [5.41, 5.74) is 2.44. The summed E-state index contributed by atoms with van der Waals surface area (Å²) in [6.45, 7) is 0. The fraction of sp³-hybridized carbons (Fsp3) is 0.0476. The second kappa shape index (κ2) is 7.32. The zero-order chi connectivity index (χ0) is 19.5. The molecule has 1 N–H and O–H groups in total. The highest BCUT2D eigenvalue weighted by atomic mass is 16.6. The molecular weight excluding hydrogens is 356 g/mol. The Labute approximate surface area is 160 Å². The van der Waals surface area contributed by atoms with E-state index < -0.39 is 4.92 Å². The predicted octanol–water partition coefficient (Wildman–Crippen LogP) is 4.96. The molecule has 0 aliphatic carbocycles. The van der Waals surface area contributed by atoms with Gasteiger partial charge in [-0.05, 0) is 36.4 Å². The average molecular weight is 372 g/mol. The number of fused-ring (bicyclic) bond motifs is 1. The summed E-state index contributed by atoms with van der Waals surface area (Å²) in [6.07, 6.45) is 0. The third-order valence-corrected chi connectivity index (χ3v) is 4.39. The lowest BCUT2D eigenvalue weighted by Gasteiger charge is -2.11. The van der Waals surface area contributed by atoms with Gasteiger partial charge >= 0.3 is 0 Å². The highest BCUT2D eigenvalue weighted by molar-refractivity contribution is 6.00. The van der Waals surface area contributed by atoms with E-state index in [1.165, 1.54) is 12.1 Å². The van der Waals surface area contributed by atoms with E-state index in [1.54, 1.807) is 19.2 Å². The van der Waals surface area contributed by atoms with Crippen LogP contribution < -0.4 is 10.1 Å². The molecule has 0 amide bonds. The van der Waals surface area contributed by atoms with E-state index in [1.807, 2.05) is 48.5 Å². The van der Waals surface area contributed by atoms with Gasteiger partial charge in [0.2, 0.25) is 0 Å². The van der Waals surface area contributed by atoms with Crippen molar-refractivity contribution in [2.75, 3.05) is 12.4 Å². The van der Waals surface area contributed by atoms with Crippen LogP contribution in [-0.2, 0) is 0 Å². The minimum atomic E-state index is -0.428. The van der Waals surface area contributed by atoms with Gasteiger partial charge in [-0.2, -0.15) is 0 Å². The molecule has 0 saturated carbocycles. The summed E-state index contributed by atoms with van der Waals surface area (Å²) in [6, 6.07) is 21.7. The van der Waals surface area contributed by atoms with Crippen LogP contribution in [0, 0.1) is 10.1 Å². The van der Waals surface area contributed by atoms with Gasteiger partial charge in [-0.15, -0.1) is 10.2 Å². The minimum absolute atomic E-state index is 0.0383. The number of nitro benzene ring substituents is 1. The van der Waals surface area contributed by atoms with Gasteiger partial charge in [-0.25, -0.2) is 0 Å². The van der Waals surface area contributed by atoms with Crippen LogP contribution in [0.5, 0.6) is 5.75 Å². The first-order chi connectivity index (χ1) is 13.7. The third-order valence-electron chi connectivity index (χ3n) is 4.39. The fourth-order valence-corrected chi connectivity index (χ4v) is 2.96. The Balaban J connectivity index is 1.73. The maximum Gasteiger partial charge on any atom is 0.269 e. The molecule has 1 heterocycles. The molecule has 0 bridgehead atoms. The summed E-state index contributed by atoms with van der Waals surface area (Å²) < 4.78 is 5.21. The number of ether oxygens (including phenoxy) is 1. The first-order valence-corrected chi connectivity index (χ1v) is 8.57. The van der Waals surface area contributed by atoms with Crippen molar-refractivity contribution in [2.24, 2.45) is 0 Å². The summed E-state index contributed by atoms with van der Waals surface area (Å²) in [5.74, 6) is 1.36. The first-order valence-electron chi connectivity index (χ1n) is 8.57. The van der Waals surface area contributed by atoms with Gasteiger partial charge in [0.15, 0.2) is 5.82 Å². The summed E-state index contributed by atoms with van der Waals surface area (Å²) in [4.78, 5) is 10.4. The molecule has 0 fully saturated rings. The highest BCUT2D eigenvalue weighted by Gasteiger charge is 2.12. The number of nitrogens with zero attached hydrogens (tertiary/aromatic N) is 3. The SMILES string of the molecule is COc1ccc(-c2nnc(Nc3ccc([N+](=O)[O-])cc3)c3ccccc23)cc1. The molecule has 0 unspecified atom stereocenters. The maximum absolute atomic E-state index is 10.8. The number of anilines is 2. The van der Waals surface area contributed by atoms with Gasteiger partial charge in [0.1, 0.15) is 11.4 Å². The van der Waals surface area contributed by atoms with E-state index in [4.69, 9.17) is 4.74 Å². The van der Waals surface area contributed by atoms with Crippen LogP contribution in [-0.4, -0.2) is 22.2 Å². The lowest BCUT2D eigenvalue weighted by atomic mass is 10.0. The highest BCUT2D eigenvalue weighted by Crippen LogP contribution is 2.32. The van der Waals surface area contributed by atoms with Crippen LogP contribution in [0.4, 0.5) is 17.2 Å². The summed E-state index contributed by atoms with van der Waals surface area (Å²) in [5, 5.41) is 24.6. The van der Waals surface area contributed by atoms with Gasteiger partial charge in [-0.1, -0.05) is 24.3 Å². The molecule has 4 rings (SSSR count). The molecule has 0 aliphatic rings. The molecule has 138 valence electrons. The van der Waals surface area contributed by atoms with Gasteiger partial charge in [-0.3, -0.25) is 10.1 Å². The number of methoxy groups -OCH3 is 1. The number of non-ortho nitro benzene ring substituents is 1. The number of aromatic nitrogens is 2. The molecule has 0 radical (unpaired) electrons. The van der Waals surface area contributed by atoms with Crippen molar-refractivity contribution in [3.63, 3.8) is 0 Å². The lowest BCUT2D eigenvalue weighted by Crippen LogP contribution is -1.99. The van der Waals surface area contributed by atoms with Gasteiger partial charge in [0, 0.05) is 34.2 Å².